The van der Waals surface area contributed by atoms with Gasteiger partial charge >= 0.3 is 0 Å². The van der Waals surface area contributed by atoms with Crippen molar-refractivity contribution in [3.63, 3.8) is 0 Å². The van der Waals surface area contributed by atoms with Gasteiger partial charge in [-0.05, 0) is 57.6 Å². The van der Waals surface area contributed by atoms with Crippen LogP contribution in [-0.4, -0.2) is 26.2 Å². The Morgan fingerprint density at radius 3 is 2.42 bits per heavy atom. The second-order valence-corrected chi connectivity index (χ2v) is 8.35. The number of rotatable bonds is 11. The third-order valence-corrected chi connectivity index (χ3v) is 5.79. The number of aryl methyl sites for hydroxylation is 1. The molecule has 0 aromatic heterocycles. The maximum atomic E-state index is 12.2. The van der Waals surface area contributed by atoms with E-state index < -0.39 is 10.0 Å². The highest BCUT2D eigenvalue weighted by Gasteiger charge is 2.18. The summed E-state index contributed by atoms with van der Waals surface area (Å²) < 4.78 is 27.0. The van der Waals surface area contributed by atoms with Crippen molar-refractivity contribution in [2.75, 3.05) is 6.54 Å². The summed E-state index contributed by atoms with van der Waals surface area (Å²) in [5, 5.41) is 10.2. The molecule has 1 aromatic rings. The maximum absolute atomic E-state index is 12.2. The number of hydrogen-bond acceptors (Lipinski definition) is 3. The lowest BCUT2D eigenvalue weighted by molar-refractivity contribution is 0.0909. The minimum Gasteiger partial charge on any atom is -0.393 e. The predicted molar refractivity (Wildman–Crippen MR) is 99.4 cm³/mol. The fraction of sp³-hybridized carbons (Fsp3) is 0.579. The summed E-state index contributed by atoms with van der Waals surface area (Å²) in [5.74, 6) is 0.202. The van der Waals surface area contributed by atoms with Crippen LogP contribution in [0, 0.1) is 12.8 Å². The van der Waals surface area contributed by atoms with Crippen LogP contribution < -0.4 is 4.72 Å². The molecule has 2 N–H and O–H groups in total. The van der Waals surface area contributed by atoms with Gasteiger partial charge in [-0.3, -0.25) is 0 Å². The van der Waals surface area contributed by atoms with Gasteiger partial charge in [0.05, 0.1) is 11.0 Å². The summed E-state index contributed by atoms with van der Waals surface area (Å²) in [5.41, 5.74) is 2.11. The van der Waals surface area contributed by atoms with Gasteiger partial charge in [-0.2, -0.15) is 0 Å². The van der Waals surface area contributed by atoms with Gasteiger partial charge in [0.2, 0.25) is 10.0 Å². The Labute approximate surface area is 147 Å². The highest BCUT2D eigenvalue weighted by atomic mass is 32.2. The molecule has 1 rings (SSSR count). The fourth-order valence-electron chi connectivity index (χ4n) is 2.67. The van der Waals surface area contributed by atoms with E-state index in [0.717, 1.165) is 36.8 Å². The molecule has 136 valence electrons. The number of aliphatic hydroxyl groups is 1. The van der Waals surface area contributed by atoms with Crippen molar-refractivity contribution in [1.29, 1.82) is 0 Å². The Hall–Kier alpha value is -1.17. The molecule has 0 bridgehead atoms. The summed E-state index contributed by atoms with van der Waals surface area (Å²) in [6.45, 7) is 10.2. The molecule has 0 aliphatic carbocycles. The first-order valence-corrected chi connectivity index (χ1v) is 10.1. The highest BCUT2D eigenvalue weighted by Crippen LogP contribution is 2.20. The van der Waals surface area contributed by atoms with Gasteiger partial charge in [0, 0.05) is 6.54 Å². The number of hydrogen-bond donors (Lipinski definition) is 2. The number of benzene rings is 1. The molecule has 0 spiro atoms. The Balaban J connectivity index is 2.42. The monoisotopic (exact) mass is 353 g/mol. The molecule has 0 radical (unpaired) electrons. The second-order valence-electron chi connectivity index (χ2n) is 6.58. The van der Waals surface area contributed by atoms with Gasteiger partial charge in [-0.25, -0.2) is 13.1 Å². The van der Waals surface area contributed by atoms with Gasteiger partial charge < -0.3 is 5.11 Å². The topological polar surface area (TPSA) is 66.4 Å². The van der Waals surface area contributed by atoms with Crippen molar-refractivity contribution in [2.24, 2.45) is 5.92 Å². The summed E-state index contributed by atoms with van der Waals surface area (Å²) >= 11 is 0. The summed E-state index contributed by atoms with van der Waals surface area (Å²) in [6, 6.07) is 6.82. The zero-order chi connectivity index (χ0) is 18.2. The van der Waals surface area contributed by atoms with Crippen LogP contribution in [-0.2, 0) is 10.0 Å². The van der Waals surface area contributed by atoms with Crippen LogP contribution in [0.4, 0.5) is 0 Å². The number of sulfonamides is 1. The van der Waals surface area contributed by atoms with E-state index >= 15 is 0 Å². The van der Waals surface area contributed by atoms with Crippen LogP contribution in [0.25, 0.3) is 0 Å². The van der Waals surface area contributed by atoms with Gasteiger partial charge in [-0.15, -0.1) is 6.58 Å². The van der Waals surface area contributed by atoms with Gasteiger partial charge in [0.15, 0.2) is 0 Å². The van der Waals surface area contributed by atoms with E-state index in [1.165, 1.54) is 0 Å². The number of aliphatic hydroxyl groups excluding tert-OH is 1. The lowest BCUT2D eigenvalue weighted by Crippen LogP contribution is -2.26. The van der Waals surface area contributed by atoms with Gasteiger partial charge in [0.25, 0.3) is 0 Å². The van der Waals surface area contributed by atoms with Crippen LogP contribution in [0.2, 0.25) is 0 Å². The van der Waals surface area contributed by atoms with Crippen LogP contribution in [0.5, 0.6) is 0 Å². The molecular formula is C19H31NO3S. The SMILES string of the molecule is C=C(C)CC[C@@H](O)[C@H](CC)CCCNS(=O)(=O)c1ccc(C)cc1. The summed E-state index contributed by atoms with van der Waals surface area (Å²) in [4.78, 5) is 0.293. The van der Waals surface area contributed by atoms with Crippen LogP contribution in [0.3, 0.4) is 0 Å². The quantitative estimate of drug-likeness (QED) is 0.470. The standard InChI is InChI=1S/C19H31NO3S/c1-5-17(19(21)13-8-15(2)3)7-6-14-20-24(22,23)18-11-9-16(4)10-12-18/h9-12,17,19-21H,2,5-8,13-14H2,1,3-4H3/t17-,19-/m1/s1. The van der Waals surface area contributed by atoms with Crippen molar-refractivity contribution in [1.82, 2.24) is 4.72 Å². The molecule has 0 fully saturated rings. The Kier molecular flexibility index (Phi) is 8.67. The van der Waals surface area contributed by atoms with Gasteiger partial charge in [0.1, 0.15) is 0 Å². The van der Waals surface area contributed by atoms with E-state index in [2.05, 4.69) is 18.2 Å². The second kappa shape index (κ2) is 9.97. The third kappa shape index (κ3) is 7.16. The minimum atomic E-state index is -3.45. The molecule has 2 atom stereocenters. The normalized spacial score (nSPS) is 14.3. The molecule has 24 heavy (non-hydrogen) atoms. The Morgan fingerprint density at radius 2 is 1.88 bits per heavy atom. The van der Waals surface area contributed by atoms with Crippen molar-refractivity contribution in [2.45, 2.75) is 63.9 Å². The highest BCUT2D eigenvalue weighted by molar-refractivity contribution is 7.89. The molecule has 0 saturated carbocycles. The molecule has 0 heterocycles. The molecular weight excluding hydrogens is 322 g/mol. The molecule has 5 heteroatoms. The van der Waals surface area contributed by atoms with E-state index in [9.17, 15) is 13.5 Å². The molecule has 0 unspecified atom stereocenters. The minimum absolute atomic E-state index is 0.202. The molecule has 0 amide bonds. The fourth-order valence-corrected chi connectivity index (χ4v) is 3.74. The molecule has 1 aromatic carbocycles. The average molecular weight is 354 g/mol. The van der Waals surface area contributed by atoms with E-state index in [1.807, 2.05) is 13.8 Å². The van der Waals surface area contributed by atoms with E-state index in [0.29, 0.717) is 17.9 Å². The smallest absolute Gasteiger partial charge is 0.240 e. The summed E-state index contributed by atoms with van der Waals surface area (Å²) in [6.07, 6.45) is 3.63. The zero-order valence-corrected chi connectivity index (χ0v) is 15.9. The molecule has 0 saturated heterocycles. The van der Waals surface area contributed by atoms with Crippen molar-refractivity contribution in [3.8, 4) is 0 Å². The Bertz CT molecular complexity index is 608. The first-order chi connectivity index (χ1) is 11.3. The van der Waals surface area contributed by atoms with Crippen molar-refractivity contribution >= 4 is 10.0 Å². The van der Waals surface area contributed by atoms with E-state index in [-0.39, 0.29) is 12.0 Å². The van der Waals surface area contributed by atoms with Crippen LogP contribution in [0.1, 0.15) is 51.5 Å². The van der Waals surface area contributed by atoms with Gasteiger partial charge in [-0.1, -0.05) is 36.6 Å². The third-order valence-electron chi connectivity index (χ3n) is 4.31. The lowest BCUT2D eigenvalue weighted by Gasteiger charge is -2.21. The summed E-state index contributed by atoms with van der Waals surface area (Å²) in [7, 11) is -3.45. The van der Waals surface area contributed by atoms with Crippen LogP contribution >= 0.6 is 0 Å². The van der Waals surface area contributed by atoms with Crippen molar-refractivity contribution in [3.05, 3.63) is 42.0 Å². The first-order valence-electron chi connectivity index (χ1n) is 8.65. The molecule has 4 nitrogen and oxygen atoms in total. The van der Waals surface area contributed by atoms with Crippen LogP contribution in [0.15, 0.2) is 41.3 Å². The lowest BCUT2D eigenvalue weighted by atomic mass is 9.90. The number of allylic oxidation sites excluding steroid dienone is 1. The van der Waals surface area contributed by atoms with Crippen molar-refractivity contribution < 1.29 is 13.5 Å². The molecule has 0 aliphatic rings. The average Bonchev–Trinajstić information content (AvgIpc) is 2.53. The van der Waals surface area contributed by atoms with E-state index in [4.69, 9.17) is 0 Å². The zero-order valence-electron chi connectivity index (χ0n) is 15.1. The number of nitrogens with one attached hydrogen (secondary N) is 1. The first kappa shape index (κ1) is 20.9. The Morgan fingerprint density at radius 1 is 1.25 bits per heavy atom. The van der Waals surface area contributed by atoms with E-state index in [1.54, 1.807) is 24.3 Å². The molecule has 0 aliphatic heterocycles. The maximum Gasteiger partial charge on any atom is 0.240 e. The largest absolute Gasteiger partial charge is 0.393 e. The predicted octanol–water partition coefficient (Wildman–Crippen LogP) is 3.80.